The first-order valence-electron chi connectivity index (χ1n) is 5.24. The Balaban J connectivity index is 2.26. The summed E-state index contributed by atoms with van der Waals surface area (Å²) in [5.74, 6) is -0.222. The molecule has 0 amide bonds. The molecule has 0 radical (unpaired) electrons. The van der Waals surface area contributed by atoms with E-state index in [-0.39, 0.29) is 5.82 Å². The molecule has 2 aromatic rings. The lowest BCUT2D eigenvalue weighted by Gasteiger charge is -2.02. The Kier molecular flexibility index (Phi) is 3.31. The third kappa shape index (κ3) is 2.28. The maximum Gasteiger partial charge on any atom is 0.123 e. The molecule has 2 N–H and O–H groups in total. The monoisotopic (exact) mass is 219 g/mol. The van der Waals surface area contributed by atoms with E-state index in [1.165, 1.54) is 12.1 Å². The summed E-state index contributed by atoms with van der Waals surface area (Å²) in [5.41, 5.74) is 3.07. The molecule has 0 aliphatic carbocycles. The van der Waals surface area contributed by atoms with Crippen LogP contribution in [0.15, 0.2) is 30.5 Å². The number of nitrogens with zero attached hydrogens (tertiary/aromatic N) is 1. The molecule has 0 spiro atoms. The summed E-state index contributed by atoms with van der Waals surface area (Å²) in [4.78, 5) is 0. The predicted molar refractivity (Wildman–Crippen MR) is 61.6 cm³/mol. The molecule has 1 aromatic heterocycles. The Morgan fingerprint density at radius 1 is 1.31 bits per heavy atom. The Labute approximate surface area is 93.7 Å². The van der Waals surface area contributed by atoms with Crippen LogP contribution in [-0.4, -0.2) is 23.8 Å². The maximum atomic E-state index is 12.8. The smallest absolute Gasteiger partial charge is 0.123 e. The van der Waals surface area contributed by atoms with Gasteiger partial charge < -0.3 is 5.32 Å². The van der Waals surface area contributed by atoms with E-state index in [0.717, 1.165) is 29.8 Å². The lowest BCUT2D eigenvalue weighted by molar-refractivity contribution is 0.628. The molecule has 4 heteroatoms. The van der Waals surface area contributed by atoms with Gasteiger partial charge in [0, 0.05) is 5.56 Å². The van der Waals surface area contributed by atoms with Crippen LogP contribution in [0.1, 0.15) is 5.56 Å². The number of rotatable bonds is 4. The lowest BCUT2D eigenvalue weighted by Crippen LogP contribution is -2.10. The number of hydrogen-bond acceptors (Lipinski definition) is 2. The first-order valence-corrected chi connectivity index (χ1v) is 5.24. The van der Waals surface area contributed by atoms with Crippen molar-refractivity contribution >= 4 is 0 Å². The Morgan fingerprint density at radius 3 is 2.75 bits per heavy atom. The zero-order valence-corrected chi connectivity index (χ0v) is 9.13. The molecule has 0 unspecified atom stereocenters. The van der Waals surface area contributed by atoms with Gasteiger partial charge in [-0.15, -0.1) is 0 Å². The standard InChI is InChI=1S/C12H14FN3/c1-14-7-6-10-8-15-16-12(10)9-2-4-11(13)5-3-9/h2-5,8,14H,6-7H2,1H3,(H,15,16). The van der Waals surface area contributed by atoms with Crippen molar-refractivity contribution in [3.8, 4) is 11.3 Å². The van der Waals surface area contributed by atoms with Gasteiger partial charge in [0.1, 0.15) is 5.82 Å². The van der Waals surface area contributed by atoms with Crippen LogP contribution in [0.25, 0.3) is 11.3 Å². The summed E-state index contributed by atoms with van der Waals surface area (Å²) in [5, 5.41) is 10.1. The number of hydrogen-bond donors (Lipinski definition) is 2. The molecule has 0 bridgehead atoms. The minimum atomic E-state index is -0.222. The summed E-state index contributed by atoms with van der Waals surface area (Å²) >= 11 is 0. The van der Waals surface area contributed by atoms with Gasteiger partial charge in [0.25, 0.3) is 0 Å². The second-order valence-corrected chi connectivity index (χ2v) is 3.63. The summed E-state index contributed by atoms with van der Waals surface area (Å²) in [6.45, 7) is 0.897. The van der Waals surface area contributed by atoms with Crippen LogP contribution in [0.2, 0.25) is 0 Å². The fourth-order valence-corrected chi connectivity index (χ4v) is 1.63. The summed E-state index contributed by atoms with van der Waals surface area (Å²) in [6.07, 6.45) is 2.72. The SMILES string of the molecule is CNCCc1cn[nH]c1-c1ccc(F)cc1. The molecule has 2 rings (SSSR count). The first kappa shape index (κ1) is 10.8. The number of aromatic nitrogens is 2. The highest BCUT2D eigenvalue weighted by Crippen LogP contribution is 2.21. The molecular weight excluding hydrogens is 205 g/mol. The lowest BCUT2D eigenvalue weighted by atomic mass is 10.1. The van der Waals surface area contributed by atoms with Crippen molar-refractivity contribution in [2.24, 2.45) is 0 Å². The molecular formula is C12H14FN3. The average molecular weight is 219 g/mol. The molecule has 84 valence electrons. The van der Waals surface area contributed by atoms with Crippen LogP contribution in [0.3, 0.4) is 0 Å². The summed E-state index contributed by atoms with van der Waals surface area (Å²) in [7, 11) is 1.91. The Morgan fingerprint density at radius 2 is 2.06 bits per heavy atom. The van der Waals surface area contributed by atoms with Crippen molar-refractivity contribution in [2.45, 2.75) is 6.42 Å². The average Bonchev–Trinajstić information content (AvgIpc) is 2.75. The largest absolute Gasteiger partial charge is 0.319 e. The van der Waals surface area contributed by atoms with Gasteiger partial charge in [0.05, 0.1) is 11.9 Å². The van der Waals surface area contributed by atoms with Crippen molar-refractivity contribution in [3.05, 3.63) is 41.8 Å². The number of nitrogens with one attached hydrogen (secondary N) is 2. The molecule has 0 fully saturated rings. The van der Waals surface area contributed by atoms with Gasteiger partial charge in [0.2, 0.25) is 0 Å². The van der Waals surface area contributed by atoms with E-state index in [9.17, 15) is 4.39 Å². The fraction of sp³-hybridized carbons (Fsp3) is 0.250. The van der Waals surface area contributed by atoms with Crippen LogP contribution >= 0.6 is 0 Å². The van der Waals surface area contributed by atoms with E-state index in [1.54, 1.807) is 12.1 Å². The molecule has 0 aliphatic rings. The molecule has 0 saturated heterocycles. The van der Waals surface area contributed by atoms with E-state index in [4.69, 9.17) is 0 Å². The highest BCUT2D eigenvalue weighted by molar-refractivity contribution is 5.62. The zero-order chi connectivity index (χ0) is 11.4. The van der Waals surface area contributed by atoms with E-state index in [2.05, 4.69) is 15.5 Å². The Bertz CT molecular complexity index is 448. The molecule has 0 saturated carbocycles. The minimum absolute atomic E-state index is 0.222. The third-order valence-corrected chi connectivity index (χ3v) is 2.50. The number of halogens is 1. The predicted octanol–water partition coefficient (Wildman–Crippen LogP) is 1.98. The van der Waals surface area contributed by atoms with Crippen molar-refractivity contribution in [1.29, 1.82) is 0 Å². The van der Waals surface area contributed by atoms with E-state index >= 15 is 0 Å². The van der Waals surface area contributed by atoms with Crippen LogP contribution in [0, 0.1) is 5.82 Å². The number of benzene rings is 1. The zero-order valence-electron chi connectivity index (χ0n) is 9.13. The third-order valence-electron chi connectivity index (χ3n) is 2.50. The van der Waals surface area contributed by atoms with Gasteiger partial charge >= 0.3 is 0 Å². The van der Waals surface area contributed by atoms with Crippen molar-refractivity contribution in [3.63, 3.8) is 0 Å². The molecule has 1 aromatic carbocycles. The Hall–Kier alpha value is -1.68. The van der Waals surface area contributed by atoms with Crippen LogP contribution in [-0.2, 0) is 6.42 Å². The molecule has 1 heterocycles. The van der Waals surface area contributed by atoms with E-state index < -0.39 is 0 Å². The number of H-pyrrole nitrogens is 1. The topological polar surface area (TPSA) is 40.7 Å². The quantitative estimate of drug-likeness (QED) is 0.825. The van der Waals surface area contributed by atoms with Gasteiger partial charge in [-0.25, -0.2) is 4.39 Å². The maximum absolute atomic E-state index is 12.8. The van der Waals surface area contributed by atoms with Crippen LogP contribution < -0.4 is 5.32 Å². The van der Waals surface area contributed by atoms with Crippen LogP contribution in [0.5, 0.6) is 0 Å². The van der Waals surface area contributed by atoms with E-state index in [0.29, 0.717) is 0 Å². The van der Waals surface area contributed by atoms with E-state index in [1.807, 2.05) is 13.2 Å². The molecule has 3 nitrogen and oxygen atoms in total. The van der Waals surface area contributed by atoms with Gasteiger partial charge in [0.15, 0.2) is 0 Å². The normalized spacial score (nSPS) is 10.6. The highest BCUT2D eigenvalue weighted by Gasteiger charge is 2.06. The van der Waals surface area contributed by atoms with Crippen molar-refractivity contribution < 1.29 is 4.39 Å². The summed E-state index contributed by atoms with van der Waals surface area (Å²) in [6, 6.07) is 6.42. The molecule has 16 heavy (non-hydrogen) atoms. The molecule has 0 atom stereocenters. The van der Waals surface area contributed by atoms with Crippen LogP contribution in [0.4, 0.5) is 4.39 Å². The number of aromatic amines is 1. The van der Waals surface area contributed by atoms with Crippen molar-refractivity contribution in [1.82, 2.24) is 15.5 Å². The van der Waals surface area contributed by atoms with Gasteiger partial charge in [-0.1, -0.05) is 0 Å². The molecule has 0 aliphatic heterocycles. The van der Waals surface area contributed by atoms with Gasteiger partial charge in [-0.3, -0.25) is 5.10 Å². The van der Waals surface area contributed by atoms with Crippen molar-refractivity contribution in [2.75, 3.05) is 13.6 Å². The first-order chi connectivity index (χ1) is 7.81. The number of likely N-dealkylation sites (N-methyl/N-ethyl adjacent to an activating group) is 1. The summed E-state index contributed by atoms with van der Waals surface area (Å²) < 4.78 is 12.8. The van der Waals surface area contributed by atoms with Gasteiger partial charge in [-0.05, 0) is 49.8 Å². The van der Waals surface area contributed by atoms with Gasteiger partial charge in [-0.2, -0.15) is 5.10 Å². The fourth-order valence-electron chi connectivity index (χ4n) is 1.63. The minimum Gasteiger partial charge on any atom is -0.319 e. The second-order valence-electron chi connectivity index (χ2n) is 3.63. The second kappa shape index (κ2) is 4.90. The highest BCUT2D eigenvalue weighted by atomic mass is 19.1.